The molecule has 2 saturated heterocycles. The van der Waals surface area contributed by atoms with Crippen LogP contribution in [0.3, 0.4) is 0 Å². The molecule has 2 aliphatic heterocycles. The number of hydrogen-bond donors (Lipinski definition) is 1. The van der Waals surface area contributed by atoms with Crippen LogP contribution in [0, 0.1) is 12.8 Å². The summed E-state index contributed by atoms with van der Waals surface area (Å²) in [7, 11) is 0. The molecular weight excluding hydrogens is 262 g/mol. The fourth-order valence-electron chi connectivity index (χ4n) is 3.32. The molecule has 1 aromatic heterocycles. The lowest BCUT2D eigenvalue weighted by atomic mass is 9.96. The van der Waals surface area contributed by atoms with Crippen molar-refractivity contribution in [2.45, 2.75) is 38.7 Å². The number of anilines is 1. The molecule has 21 heavy (non-hydrogen) atoms. The van der Waals surface area contributed by atoms with Crippen molar-refractivity contribution in [1.82, 2.24) is 10.3 Å². The first-order valence-corrected chi connectivity index (χ1v) is 8.32. The summed E-state index contributed by atoms with van der Waals surface area (Å²) >= 11 is 0. The Hall–Kier alpha value is -1.13. The number of aryl methyl sites for hydroxylation is 1. The summed E-state index contributed by atoms with van der Waals surface area (Å²) in [6, 6.07) is 6.29. The Morgan fingerprint density at radius 3 is 2.81 bits per heavy atom. The Kier molecular flexibility index (Phi) is 5.09. The number of pyridine rings is 1. The molecule has 0 spiro atoms. The number of nitrogens with one attached hydrogen (secondary N) is 1. The molecule has 0 aromatic carbocycles. The minimum Gasteiger partial charge on any atom is -0.377 e. The van der Waals surface area contributed by atoms with E-state index in [1.807, 2.05) is 0 Å². The van der Waals surface area contributed by atoms with Crippen LogP contribution < -0.4 is 10.2 Å². The Labute approximate surface area is 127 Å². The van der Waals surface area contributed by atoms with Crippen LogP contribution in [0.4, 0.5) is 5.82 Å². The van der Waals surface area contributed by atoms with E-state index in [2.05, 4.69) is 40.3 Å². The summed E-state index contributed by atoms with van der Waals surface area (Å²) in [5.41, 5.74) is 1.10. The third kappa shape index (κ3) is 4.17. The monoisotopic (exact) mass is 289 g/mol. The highest BCUT2D eigenvalue weighted by molar-refractivity contribution is 5.39. The normalized spacial score (nSPS) is 23.7. The first-order chi connectivity index (χ1) is 10.3. The zero-order valence-electron chi connectivity index (χ0n) is 13.1. The van der Waals surface area contributed by atoms with Gasteiger partial charge >= 0.3 is 0 Å². The van der Waals surface area contributed by atoms with Crippen molar-refractivity contribution in [3.63, 3.8) is 0 Å². The Bertz CT molecular complexity index is 437. The van der Waals surface area contributed by atoms with E-state index in [9.17, 15) is 0 Å². The van der Waals surface area contributed by atoms with Crippen molar-refractivity contribution in [2.75, 3.05) is 37.7 Å². The van der Waals surface area contributed by atoms with Gasteiger partial charge in [-0.3, -0.25) is 0 Å². The predicted molar refractivity (Wildman–Crippen MR) is 85.8 cm³/mol. The molecule has 0 unspecified atom stereocenters. The van der Waals surface area contributed by atoms with Gasteiger partial charge in [0.2, 0.25) is 0 Å². The smallest absolute Gasteiger partial charge is 0.128 e. The summed E-state index contributed by atoms with van der Waals surface area (Å²) < 4.78 is 5.65. The molecule has 2 fully saturated rings. The van der Waals surface area contributed by atoms with Gasteiger partial charge in [0, 0.05) is 31.9 Å². The van der Waals surface area contributed by atoms with E-state index in [0.717, 1.165) is 50.2 Å². The van der Waals surface area contributed by atoms with Crippen LogP contribution in [0.2, 0.25) is 0 Å². The number of rotatable bonds is 5. The minimum atomic E-state index is 0.460. The fraction of sp³-hybridized carbons (Fsp3) is 0.706. The van der Waals surface area contributed by atoms with Crippen LogP contribution in [-0.2, 0) is 4.74 Å². The van der Waals surface area contributed by atoms with Crippen LogP contribution >= 0.6 is 0 Å². The average Bonchev–Trinajstić information content (AvgIpc) is 3.01. The third-order valence-corrected chi connectivity index (χ3v) is 4.64. The fourth-order valence-corrected chi connectivity index (χ4v) is 3.32. The van der Waals surface area contributed by atoms with Gasteiger partial charge in [0.05, 0.1) is 6.10 Å². The van der Waals surface area contributed by atoms with Crippen LogP contribution in [0.15, 0.2) is 18.2 Å². The second-order valence-corrected chi connectivity index (χ2v) is 6.36. The van der Waals surface area contributed by atoms with E-state index in [0.29, 0.717) is 6.10 Å². The first kappa shape index (κ1) is 14.8. The zero-order valence-corrected chi connectivity index (χ0v) is 13.1. The lowest BCUT2D eigenvalue weighted by molar-refractivity contribution is 0.109. The van der Waals surface area contributed by atoms with Gasteiger partial charge in [-0.1, -0.05) is 6.07 Å². The second-order valence-electron chi connectivity index (χ2n) is 6.36. The van der Waals surface area contributed by atoms with Crippen LogP contribution in [0.25, 0.3) is 0 Å². The number of aromatic nitrogens is 1. The quantitative estimate of drug-likeness (QED) is 0.903. The minimum absolute atomic E-state index is 0.460. The van der Waals surface area contributed by atoms with Crippen LogP contribution in [-0.4, -0.2) is 43.9 Å². The number of piperidine rings is 1. The van der Waals surface area contributed by atoms with Gasteiger partial charge in [-0.05, 0) is 57.2 Å². The first-order valence-electron chi connectivity index (χ1n) is 8.32. The molecule has 4 nitrogen and oxygen atoms in total. The average molecular weight is 289 g/mol. The summed E-state index contributed by atoms with van der Waals surface area (Å²) in [5, 5.41) is 3.60. The maximum Gasteiger partial charge on any atom is 0.128 e. The second kappa shape index (κ2) is 7.23. The van der Waals surface area contributed by atoms with Gasteiger partial charge in [0.25, 0.3) is 0 Å². The summed E-state index contributed by atoms with van der Waals surface area (Å²) in [6.07, 6.45) is 5.43. The van der Waals surface area contributed by atoms with Crippen molar-refractivity contribution < 1.29 is 4.74 Å². The molecular formula is C17H27N3O. The van der Waals surface area contributed by atoms with E-state index >= 15 is 0 Å². The molecule has 1 N–H and O–H groups in total. The Morgan fingerprint density at radius 1 is 1.24 bits per heavy atom. The highest BCUT2D eigenvalue weighted by Crippen LogP contribution is 2.21. The van der Waals surface area contributed by atoms with Crippen LogP contribution in [0.1, 0.15) is 31.4 Å². The predicted octanol–water partition coefficient (Wildman–Crippen LogP) is 2.38. The summed E-state index contributed by atoms with van der Waals surface area (Å²) in [4.78, 5) is 7.05. The van der Waals surface area contributed by atoms with E-state index in [1.165, 1.54) is 25.7 Å². The van der Waals surface area contributed by atoms with Crippen molar-refractivity contribution >= 4 is 5.82 Å². The molecule has 2 aliphatic rings. The molecule has 3 heterocycles. The molecule has 1 aromatic rings. The van der Waals surface area contributed by atoms with E-state index in [1.54, 1.807) is 0 Å². The lowest BCUT2D eigenvalue weighted by Crippen LogP contribution is -2.39. The topological polar surface area (TPSA) is 37.4 Å². The standard InChI is InChI=1S/C17H27N3O/c1-14-4-2-6-17(19-14)20-9-7-15(8-10-20)12-18-13-16-5-3-11-21-16/h2,4,6,15-16,18H,3,5,7-13H2,1H3/t16-/m1/s1. The van der Waals surface area contributed by atoms with Crippen molar-refractivity contribution in [3.05, 3.63) is 23.9 Å². The molecule has 0 bridgehead atoms. The molecule has 0 radical (unpaired) electrons. The van der Waals surface area contributed by atoms with Crippen molar-refractivity contribution in [1.29, 1.82) is 0 Å². The van der Waals surface area contributed by atoms with E-state index in [4.69, 9.17) is 4.74 Å². The highest BCUT2D eigenvalue weighted by atomic mass is 16.5. The molecule has 1 atom stereocenters. The van der Waals surface area contributed by atoms with E-state index < -0.39 is 0 Å². The maximum atomic E-state index is 5.65. The number of hydrogen-bond acceptors (Lipinski definition) is 4. The van der Waals surface area contributed by atoms with Gasteiger partial charge in [0.1, 0.15) is 5.82 Å². The van der Waals surface area contributed by atoms with Gasteiger partial charge in [0.15, 0.2) is 0 Å². The number of ether oxygens (including phenoxy) is 1. The molecule has 4 heteroatoms. The highest BCUT2D eigenvalue weighted by Gasteiger charge is 2.21. The molecule has 0 aliphatic carbocycles. The summed E-state index contributed by atoms with van der Waals surface area (Å²) in [6.45, 7) is 7.43. The van der Waals surface area contributed by atoms with Gasteiger partial charge in [-0.15, -0.1) is 0 Å². The van der Waals surface area contributed by atoms with Gasteiger partial charge in [-0.2, -0.15) is 0 Å². The zero-order chi connectivity index (χ0) is 14.5. The SMILES string of the molecule is Cc1cccc(N2CCC(CNC[C@H]3CCCO3)CC2)n1. The Morgan fingerprint density at radius 2 is 2.10 bits per heavy atom. The molecule has 0 saturated carbocycles. The van der Waals surface area contributed by atoms with Gasteiger partial charge < -0.3 is 15.0 Å². The van der Waals surface area contributed by atoms with Crippen molar-refractivity contribution in [2.24, 2.45) is 5.92 Å². The molecule has 0 amide bonds. The van der Waals surface area contributed by atoms with E-state index in [-0.39, 0.29) is 0 Å². The molecule has 116 valence electrons. The molecule has 3 rings (SSSR count). The summed E-state index contributed by atoms with van der Waals surface area (Å²) in [5.74, 6) is 1.94. The van der Waals surface area contributed by atoms with Crippen molar-refractivity contribution in [3.8, 4) is 0 Å². The number of nitrogens with zero attached hydrogens (tertiary/aromatic N) is 2. The lowest BCUT2D eigenvalue weighted by Gasteiger charge is -2.33. The van der Waals surface area contributed by atoms with Crippen LogP contribution in [0.5, 0.6) is 0 Å². The Balaban J connectivity index is 1.38. The van der Waals surface area contributed by atoms with Gasteiger partial charge in [-0.25, -0.2) is 4.98 Å². The third-order valence-electron chi connectivity index (χ3n) is 4.64. The maximum absolute atomic E-state index is 5.65. The largest absolute Gasteiger partial charge is 0.377 e.